The molecule has 0 bridgehead atoms. The van der Waals surface area contributed by atoms with E-state index in [1.165, 1.54) is 0 Å². The third kappa shape index (κ3) is 5.26. The Labute approximate surface area is 128 Å². The van der Waals surface area contributed by atoms with Gasteiger partial charge in [-0.2, -0.15) is 0 Å². The van der Waals surface area contributed by atoms with Gasteiger partial charge in [0.25, 0.3) is 0 Å². The Morgan fingerprint density at radius 2 is 1.68 bits per heavy atom. The van der Waals surface area contributed by atoms with E-state index in [0.29, 0.717) is 5.56 Å². The number of carbonyl (C=O) groups excluding carboxylic acids is 1. The molecule has 0 heterocycles. The summed E-state index contributed by atoms with van der Waals surface area (Å²) in [6, 6.07) is 17.6. The Balaban J connectivity index is 1.95. The van der Waals surface area contributed by atoms with Crippen LogP contribution in [0.4, 0.5) is 4.79 Å². The summed E-state index contributed by atoms with van der Waals surface area (Å²) < 4.78 is 20.5. The van der Waals surface area contributed by atoms with Crippen LogP contribution in [0.5, 0.6) is 0 Å². The van der Waals surface area contributed by atoms with Crippen molar-refractivity contribution in [2.75, 3.05) is 0 Å². The van der Waals surface area contributed by atoms with Crippen LogP contribution in [0.15, 0.2) is 60.7 Å². The van der Waals surface area contributed by atoms with E-state index in [2.05, 4.69) is 5.32 Å². The van der Waals surface area contributed by atoms with Crippen molar-refractivity contribution in [1.29, 1.82) is 0 Å². The third-order valence-electron chi connectivity index (χ3n) is 2.76. The number of alkyl carbamates (subject to hydrolysis) is 1. The predicted octanol–water partition coefficient (Wildman–Crippen LogP) is 2.65. The van der Waals surface area contributed by atoms with Gasteiger partial charge in [0.05, 0.1) is 0 Å². The van der Waals surface area contributed by atoms with Gasteiger partial charge in [0.1, 0.15) is 6.61 Å². The largest absolute Gasteiger partial charge is 0.566 e. The smallest absolute Gasteiger partial charge is 0.491 e. The second kappa shape index (κ2) is 8.24. The number of benzene rings is 2. The van der Waals surface area contributed by atoms with E-state index in [9.17, 15) is 14.3 Å². The van der Waals surface area contributed by atoms with E-state index >= 15 is 0 Å². The first kappa shape index (κ1) is 16.1. The van der Waals surface area contributed by atoms with Crippen molar-refractivity contribution in [1.82, 2.24) is 5.32 Å². The van der Waals surface area contributed by atoms with Crippen molar-refractivity contribution in [3.8, 4) is 0 Å². The molecule has 2 aromatic carbocycles. The number of rotatable bonds is 6. The van der Waals surface area contributed by atoms with Crippen molar-refractivity contribution in [3.63, 3.8) is 0 Å². The molecule has 1 amide bonds. The zero-order chi connectivity index (χ0) is 15.8. The van der Waals surface area contributed by atoms with Gasteiger partial charge in [-0.05, 0) is 10.1 Å². The van der Waals surface area contributed by atoms with Gasteiger partial charge in [-0.25, -0.2) is 4.79 Å². The van der Waals surface area contributed by atoms with Gasteiger partial charge >= 0.3 is 14.3 Å². The molecule has 0 aliphatic rings. The average molecular weight is 319 g/mol. The monoisotopic (exact) mass is 319 g/mol. The molecule has 2 rings (SSSR count). The average Bonchev–Trinajstić information content (AvgIpc) is 2.54. The van der Waals surface area contributed by atoms with Crippen LogP contribution >= 0.6 is 8.25 Å². The minimum Gasteiger partial charge on any atom is -0.566 e. The highest BCUT2D eigenvalue weighted by molar-refractivity contribution is 7.30. The molecule has 0 saturated heterocycles. The second-order valence-electron chi connectivity index (χ2n) is 4.33. The Bertz CT molecular complexity index is 620. The molecule has 0 aromatic heterocycles. The summed E-state index contributed by atoms with van der Waals surface area (Å²) >= 11 is 0. The van der Waals surface area contributed by atoms with E-state index in [4.69, 9.17) is 9.26 Å². The minimum atomic E-state index is -3.12. The topological polar surface area (TPSA) is 87.7 Å². The van der Waals surface area contributed by atoms with Crippen molar-refractivity contribution in [2.45, 2.75) is 12.8 Å². The van der Waals surface area contributed by atoms with Crippen LogP contribution in [0.3, 0.4) is 0 Å². The molecule has 1 N–H and O–H groups in total. The fraction of sp³-hybridized carbons (Fsp3) is 0.133. The lowest BCUT2D eigenvalue weighted by atomic mass is 10.2. The molecule has 0 aliphatic carbocycles. The van der Waals surface area contributed by atoms with Crippen molar-refractivity contribution in [3.05, 3.63) is 71.8 Å². The summed E-state index contributed by atoms with van der Waals surface area (Å²) in [7, 11) is -3.12. The SMILES string of the molecule is O=C(NC(O[P+](=O)[O-])c1ccccc1)OCc1ccccc1. The van der Waals surface area contributed by atoms with Crippen LogP contribution < -0.4 is 10.2 Å². The van der Waals surface area contributed by atoms with Gasteiger partial charge < -0.3 is 9.63 Å². The lowest BCUT2D eigenvalue weighted by Crippen LogP contribution is -2.30. The Morgan fingerprint density at radius 3 is 2.27 bits per heavy atom. The first-order chi connectivity index (χ1) is 10.6. The normalized spacial score (nSPS) is 12.3. The van der Waals surface area contributed by atoms with Gasteiger partial charge in [0.15, 0.2) is 0 Å². The molecule has 7 heteroatoms. The van der Waals surface area contributed by atoms with Crippen LogP contribution in [0.1, 0.15) is 17.4 Å². The number of carbonyl (C=O) groups is 1. The zero-order valence-electron chi connectivity index (χ0n) is 11.5. The quantitative estimate of drug-likeness (QED) is 0.653. The van der Waals surface area contributed by atoms with E-state index in [-0.39, 0.29) is 6.61 Å². The van der Waals surface area contributed by atoms with Gasteiger partial charge in [0, 0.05) is 5.56 Å². The number of hydrogen-bond acceptors (Lipinski definition) is 5. The first-order valence-corrected chi connectivity index (χ1v) is 7.58. The molecule has 2 unspecified atom stereocenters. The summed E-state index contributed by atoms with van der Waals surface area (Å²) in [6.07, 6.45) is -1.89. The summed E-state index contributed by atoms with van der Waals surface area (Å²) in [6.45, 7) is 0.0810. The molecule has 114 valence electrons. The highest BCUT2D eigenvalue weighted by Gasteiger charge is 2.22. The van der Waals surface area contributed by atoms with Crippen LogP contribution in [0, 0.1) is 0 Å². The molecular weight excluding hydrogens is 305 g/mol. The molecule has 2 atom stereocenters. The predicted molar refractivity (Wildman–Crippen MR) is 77.6 cm³/mol. The lowest BCUT2D eigenvalue weighted by Gasteiger charge is -2.14. The molecular formula is C15H14NO5P. The van der Waals surface area contributed by atoms with Gasteiger partial charge in [-0.15, -0.1) is 4.52 Å². The van der Waals surface area contributed by atoms with Crippen molar-refractivity contribution >= 4 is 14.3 Å². The van der Waals surface area contributed by atoms with Gasteiger partial charge in [-0.1, -0.05) is 60.7 Å². The number of hydrogen-bond donors (Lipinski definition) is 1. The molecule has 0 saturated carbocycles. The fourth-order valence-electron chi connectivity index (χ4n) is 1.76. The Morgan fingerprint density at radius 1 is 1.09 bits per heavy atom. The van der Waals surface area contributed by atoms with Crippen LogP contribution in [-0.2, 0) is 20.4 Å². The molecule has 22 heavy (non-hydrogen) atoms. The molecule has 2 aromatic rings. The van der Waals surface area contributed by atoms with E-state index < -0.39 is 20.6 Å². The molecule has 0 fully saturated rings. The van der Waals surface area contributed by atoms with Crippen molar-refractivity contribution < 1.29 is 23.5 Å². The minimum absolute atomic E-state index is 0.0810. The number of amides is 1. The molecule has 0 spiro atoms. The van der Waals surface area contributed by atoms with Gasteiger partial charge in [-0.3, -0.25) is 5.32 Å². The highest BCUT2D eigenvalue weighted by Crippen LogP contribution is 2.24. The van der Waals surface area contributed by atoms with E-state index in [0.717, 1.165) is 5.56 Å². The zero-order valence-corrected chi connectivity index (χ0v) is 12.4. The maximum atomic E-state index is 11.8. The van der Waals surface area contributed by atoms with Gasteiger partial charge in [0.2, 0.25) is 6.23 Å². The number of ether oxygens (including phenoxy) is 1. The van der Waals surface area contributed by atoms with Crippen LogP contribution in [0.2, 0.25) is 0 Å². The fourth-order valence-corrected chi connectivity index (χ4v) is 2.10. The third-order valence-corrected chi connectivity index (χ3v) is 3.14. The maximum Gasteiger partial charge on any atom is 0.491 e. The van der Waals surface area contributed by atoms with Crippen molar-refractivity contribution in [2.24, 2.45) is 0 Å². The summed E-state index contributed by atoms with van der Waals surface area (Å²) in [5.74, 6) is 0. The first-order valence-electron chi connectivity index (χ1n) is 6.48. The van der Waals surface area contributed by atoms with E-state index in [1.807, 2.05) is 30.3 Å². The van der Waals surface area contributed by atoms with E-state index in [1.54, 1.807) is 30.3 Å². The molecule has 6 nitrogen and oxygen atoms in total. The summed E-state index contributed by atoms with van der Waals surface area (Å²) in [4.78, 5) is 22.5. The standard InChI is InChI=1S/C15H14NO5P/c17-15(20-11-12-7-3-1-4-8-12)16-14(21-22(18)19)13-9-5-2-6-10-13/h1-10,14H,11H2,(H,16,17). The Hall–Kier alpha value is -2.27. The summed E-state index contributed by atoms with van der Waals surface area (Å²) in [5, 5.41) is 2.37. The summed E-state index contributed by atoms with van der Waals surface area (Å²) in [5.41, 5.74) is 1.32. The molecule has 0 radical (unpaired) electrons. The Kier molecular flexibility index (Phi) is 6.03. The lowest BCUT2D eigenvalue weighted by molar-refractivity contribution is -0.190. The number of nitrogens with one attached hydrogen (secondary N) is 1. The second-order valence-corrected chi connectivity index (χ2v) is 4.98. The van der Waals surface area contributed by atoms with Crippen LogP contribution in [-0.4, -0.2) is 6.09 Å². The maximum absolute atomic E-state index is 11.8. The van der Waals surface area contributed by atoms with Crippen LogP contribution in [0.25, 0.3) is 0 Å². The highest BCUT2D eigenvalue weighted by atomic mass is 31.1. The molecule has 0 aliphatic heterocycles.